The van der Waals surface area contributed by atoms with Crippen molar-refractivity contribution in [3.05, 3.63) is 54.1 Å². The summed E-state index contributed by atoms with van der Waals surface area (Å²) in [4.78, 5) is 38.1. The van der Waals surface area contributed by atoms with Crippen molar-refractivity contribution in [2.24, 2.45) is 5.92 Å². The second-order valence-electron chi connectivity index (χ2n) is 7.06. The van der Waals surface area contributed by atoms with Gasteiger partial charge in [-0.25, -0.2) is 0 Å². The summed E-state index contributed by atoms with van der Waals surface area (Å²) in [5.74, 6) is -0.396. The van der Waals surface area contributed by atoms with Gasteiger partial charge in [-0.15, -0.1) is 0 Å². The van der Waals surface area contributed by atoms with Gasteiger partial charge in [-0.2, -0.15) is 0 Å². The normalized spacial score (nSPS) is 15.9. The Hall–Kier alpha value is -3.35. The summed E-state index contributed by atoms with van der Waals surface area (Å²) in [6, 6.07) is 15.0. The van der Waals surface area contributed by atoms with Crippen molar-refractivity contribution in [2.75, 3.05) is 30.8 Å². The average molecular weight is 395 g/mol. The Morgan fingerprint density at radius 2 is 1.90 bits per heavy atom. The Balaban J connectivity index is 1.62. The molecule has 1 heterocycles. The van der Waals surface area contributed by atoms with Gasteiger partial charge in [-0.3, -0.25) is 14.4 Å². The summed E-state index contributed by atoms with van der Waals surface area (Å²) >= 11 is 0. The molecule has 7 nitrogen and oxygen atoms in total. The van der Waals surface area contributed by atoms with Crippen molar-refractivity contribution in [3.63, 3.8) is 0 Å². The number of carbonyl (C=O) groups is 3. The van der Waals surface area contributed by atoms with Gasteiger partial charge in [0.1, 0.15) is 5.75 Å². The zero-order valence-corrected chi connectivity index (χ0v) is 16.6. The molecule has 2 N–H and O–H groups in total. The van der Waals surface area contributed by atoms with E-state index in [9.17, 15) is 14.4 Å². The first-order chi connectivity index (χ1) is 14.0. The van der Waals surface area contributed by atoms with Gasteiger partial charge in [0.05, 0.1) is 18.7 Å². The number of hydrogen-bond acceptors (Lipinski definition) is 4. The minimum atomic E-state index is -0.424. The Morgan fingerprint density at radius 3 is 2.59 bits per heavy atom. The Labute approximate surface area is 170 Å². The highest BCUT2D eigenvalue weighted by Gasteiger charge is 2.34. The molecule has 0 bridgehead atoms. The van der Waals surface area contributed by atoms with Crippen molar-refractivity contribution in [2.45, 2.75) is 19.8 Å². The van der Waals surface area contributed by atoms with Gasteiger partial charge in [0.25, 0.3) is 0 Å². The predicted octanol–water partition coefficient (Wildman–Crippen LogP) is 2.68. The van der Waals surface area contributed by atoms with Gasteiger partial charge < -0.3 is 20.3 Å². The molecule has 1 fully saturated rings. The highest BCUT2D eigenvalue weighted by atomic mass is 16.5. The van der Waals surface area contributed by atoms with E-state index in [-0.39, 0.29) is 24.1 Å². The van der Waals surface area contributed by atoms with Gasteiger partial charge in [0, 0.05) is 32.1 Å². The average Bonchev–Trinajstić information content (AvgIpc) is 3.08. The molecule has 3 amide bonds. The first kappa shape index (κ1) is 20.4. The van der Waals surface area contributed by atoms with Crippen LogP contribution in [-0.4, -0.2) is 42.8 Å². The molecule has 1 atom stereocenters. The SMILES string of the molecule is COc1ccc(NC(C)=O)cc1NC(=O)[C@H]1CC(=O)N(CCc2ccccc2)C1. The zero-order chi connectivity index (χ0) is 20.8. The fraction of sp³-hybridized carbons (Fsp3) is 0.318. The lowest BCUT2D eigenvalue weighted by atomic mass is 10.1. The van der Waals surface area contributed by atoms with Crippen molar-refractivity contribution >= 4 is 29.1 Å². The number of nitrogens with zero attached hydrogens (tertiary/aromatic N) is 1. The maximum absolute atomic E-state index is 12.7. The summed E-state index contributed by atoms with van der Waals surface area (Å²) in [6.07, 6.45) is 0.946. The van der Waals surface area contributed by atoms with E-state index in [0.29, 0.717) is 30.2 Å². The molecule has 152 valence electrons. The van der Waals surface area contributed by atoms with Crippen LogP contribution in [0.2, 0.25) is 0 Å². The topological polar surface area (TPSA) is 87.7 Å². The quantitative estimate of drug-likeness (QED) is 0.755. The summed E-state index contributed by atoms with van der Waals surface area (Å²) in [5.41, 5.74) is 2.17. The fourth-order valence-corrected chi connectivity index (χ4v) is 3.39. The van der Waals surface area contributed by atoms with Crippen molar-refractivity contribution in [3.8, 4) is 5.75 Å². The summed E-state index contributed by atoms with van der Waals surface area (Å²) in [6.45, 7) is 2.40. The van der Waals surface area contributed by atoms with Crippen LogP contribution in [0.5, 0.6) is 5.75 Å². The van der Waals surface area contributed by atoms with E-state index in [1.807, 2.05) is 30.3 Å². The molecule has 29 heavy (non-hydrogen) atoms. The highest BCUT2D eigenvalue weighted by Crippen LogP contribution is 2.29. The van der Waals surface area contributed by atoms with E-state index < -0.39 is 5.92 Å². The van der Waals surface area contributed by atoms with E-state index in [1.165, 1.54) is 14.0 Å². The van der Waals surface area contributed by atoms with Crippen LogP contribution in [0.25, 0.3) is 0 Å². The van der Waals surface area contributed by atoms with Crippen LogP contribution in [0.3, 0.4) is 0 Å². The Kier molecular flexibility index (Phi) is 6.49. The standard InChI is InChI=1S/C22H25N3O4/c1-15(26)23-18-8-9-20(29-2)19(13-18)24-22(28)17-12-21(27)25(14-17)11-10-16-6-4-3-5-7-16/h3-9,13,17H,10-12,14H2,1-2H3,(H,23,26)(H,24,28)/t17-/m0/s1. The van der Waals surface area contributed by atoms with Crippen LogP contribution >= 0.6 is 0 Å². The lowest BCUT2D eigenvalue weighted by Crippen LogP contribution is -2.30. The number of nitrogens with one attached hydrogen (secondary N) is 2. The first-order valence-corrected chi connectivity index (χ1v) is 9.54. The fourth-order valence-electron chi connectivity index (χ4n) is 3.39. The number of likely N-dealkylation sites (tertiary alicyclic amines) is 1. The van der Waals surface area contributed by atoms with Gasteiger partial charge in [-0.05, 0) is 30.2 Å². The molecule has 0 saturated carbocycles. The van der Waals surface area contributed by atoms with Crippen LogP contribution in [0, 0.1) is 5.92 Å². The molecule has 3 rings (SSSR count). The number of benzene rings is 2. The molecular weight excluding hydrogens is 370 g/mol. The van der Waals surface area contributed by atoms with Crippen LogP contribution in [0.4, 0.5) is 11.4 Å². The molecular formula is C22H25N3O4. The summed E-state index contributed by atoms with van der Waals surface area (Å²) < 4.78 is 5.29. The lowest BCUT2D eigenvalue weighted by Gasteiger charge is -2.17. The minimum Gasteiger partial charge on any atom is -0.495 e. The largest absolute Gasteiger partial charge is 0.495 e. The van der Waals surface area contributed by atoms with Gasteiger partial charge in [-0.1, -0.05) is 30.3 Å². The number of carbonyl (C=O) groups excluding carboxylic acids is 3. The Bertz CT molecular complexity index is 898. The maximum atomic E-state index is 12.7. The summed E-state index contributed by atoms with van der Waals surface area (Å²) in [7, 11) is 1.51. The van der Waals surface area contributed by atoms with Crippen LogP contribution in [0.1, 0.15) is 18.9 Å². The van der Waals surface area contributed by atoms with E-state index in [4.69, 9.17) is 4.74 Å². The zero-order valence-electron chi connectivity index (χ0n) is 16.6. The molecule has 0 spiro atoms. The van der Waals surface area contributed by atoms with Crippen LogP contribution < -0.4 is 15.4 Å². The predicted molar refractivity (Wildman–Crippen MR) is 111 cm³/mol. The van der Waals surface area contributed by atoms with Crippen LogP contribution in [-0.2, 0) is 20.8 Å². The van der Waals surface area contributed by atoms with E-state index >= 15 is 0 Å². The monoisotopic (exact) mass is 395 g/mol. The third-order valence-corrected chi connectivity index (χ3v) is 4.88. The minimum absolute atomic E-state index is 0.0138. The molecule has 1 aliphatic rings. The van der Waals surface area contributed by atoms with E-state index in [2.05, 4.69) is 10.6 Å². The molecule has 0 aliphatic carbocycles. The third kappa shape index (κ3) is 5.34. The second-order valence-corrected chi connectivity index (χ2v) is 7.06. The number of anilines is 2. The molecule has 2 aromatic rings. The van der Waals surface area contributed by atoms with Gasteiger partial charge in [0.2, 0.25) is 17.7 Å². The molecule has 0 aromatic heterocycles. The van der Waals surface area contributed by atoms with Crippen molar-refractivity contribution in [1.82, 2.24) is 4.90 Å². The molecule has 2 aromatic carbocycles. The van der Waals surface area contributed by atoms with Crippen molar-refractivity contribution in [1.29, 1.82) is 0 Å². The van der Waals surface area contributed by atoms with Crippen molar-refractivity contribution < 1.29 is 19.1 Å². The number of hydrogen-bond donors (Lipinski definition) is 2. The summed E-state index contributed by atoms with van der Waals surface area (Å²) in [5, 5.41) is 5.52. The first-order valence-electron chi connectivity index (χ1n) is 9.54. The third-order valence-electron chi connectivity index (χ3n) is 4.88. The number of amides is 3. The maximum Gasteiger partial charge on any atom is 0.229 e. The van der Waals surface area contributed by atoms with Crippen LogP contribution in [0.15, 0.2) is 48.5 Å². The second kappa shape index (κ2) is 9.23. The molecule has 7 heteroatoms. The highest BCUT2D eigenvalue weighted by molar-refractivity contribution is 5.99. The number of rotatable bonds is 7. The molecule has 0 radical (unpaired) electrons. The van der Waals surface area contributed by atoms with E-state index in [0.717, 1.165) is 12.0 Å². The van der Waals surface area contributed by atoms with Gasteiger partial charge in [0.15, 0.2) is 0 Å². The molecule has 1 saturated heterocycles. The molecule has 1 aliphatic heterocycles. The lowest BCUT2D eigenvalue weighted by molar-refractivity contribution is -0.128. The number of methoxy groups -OCH3 is 1. The van der Waals surface area contributed by atoms with E-state index in [1.54, 1.807) is 23.1 Å². The number of ether oxygens (including phenoxy) is 1. The van der Waals surface area contributed by atoms with Gasteiger partial charge >= 0.3 is 0 Å². The molecule has 0 unspecified atom stereocenters. The Morgan fingerprint density at radius 1 is 1.14 bits per heavy atom. The smallest absolute Gasteiger partial charge is 0.229 e.